The molecule has 3 aromatic rings. The highest BCUT2D eigenvalue weighted by Gasteiger charge is 2.28. The molecule has 1 aromatic heterocycles. The lowest BCUT2D eigenvalue weighted by molar-refractivity contribution is 0.0916. The number of nitrogens with one attached hydrogen (secondary N) is 1. The van der Waals surface area contributed by atoms with Gasteiger partial charge in [-0.1, -0.05) is 49.6 Å². The summed E-state index contributed by atoms with van der Waals surface area (Å²) in [5.74, 6) is -0.0361. The fourth-order valence-electron chi connectivity index (χ4n) is 6.24. The summed E-state index contributed by atoms with van der Waals surface area (Å²) in [4.78, 5) is 23.9. The fraction of sp³-hybridized carbons (Fsp3) is 0.500. The number of aliphatic hydroxyl groups is 1. The van der Waals surface area contributed by atoms with Crippen LogP contribution in [0.5, 0.6) is 0 Å². The van der Waals surface area contributed by atoms with E-state index in [2.05, 4.69) is 22.0 Å². The molecule has 2 aliphatic rings. The van der Waals surface area contributed by atoms with Crippen LogP contribution >= 0.6 is 0 Å². The molecule has 2 heterocycles. The zero-order valence-electron chi connectivity index (χ0n) is 23.0. The van der Waals surface area contributed by atoms with Crippen molar-refractivity contribution in [1.29, 1.82) is 0 Å². The van der Waals surface area contributed by atoms with E-state index in [-0.39, 0.29) is 24.4 Å². The largest absolute Gasteiger partial charge is 0.396 e. The smallest absolute Gasteiger partial charge is 0.252 e. The van der Waals surface area contributed by atoms with Crippen molar-refractivity contribution in [3.05, 3.63) is 65.5 Å². The van der Waals surface area contributed by atoms with Gasteiger partial charge in [-0.25, -0.2) is 9.37 Å². The second kappa shape index (κ2) is 13.0. The zero-order valence-corrected chi connectivity index (χ0v) is 23.0. The molecule has 1 aliphatic carbocycles. The van der Waals surface area contributed by atoms with Gasteiger partial charge in [0.15, 0.2) is 0 Å². The van der Waals surface area contributed by atoms with Gasteiger partial charge in [0.05, 0.1) is 16.8 Å². The van der Waals surface area contributed by atoms with E-state index >= 15 is 0 Å². The van der Waals surface area contributed by atoms with Crippen LogP contribution in [0.25, 0.3) is 22.2 Å². The first-order valence-electron chi connectivity index (χ1n) is 14.6. The Morgan fingerprint density at radius 3 is 2.49 bits per heavy atom. The van der Waals surface area contributed by atoms with E-state index in [1.54, 1.807) is 6.07 Å². The molecule has 1 aliphatic heterocycles. The summed E-state index contributed by atoms with van der Waals surface area (Å²) < 4.78 is 14.6. The number of rotatable bonds is 9. The number of carbonyl (C=O) groups is 1. The van der Waals surface area contributed by atoms with Gasteiger partial charge in [-0.15, -0.1) is 0 Å². The molecule has 0 unspecified atom stereocenters. The van der Waals surface area contributed by atoms with Crippen LogP contribution in [0.3, 0.4) is 0 Å². The highest BCUT2D eigenvalue weighted by Crippen LogP contribution is 2.33. The van der Waals surface area contributed by atoms with Gasteiger partial charge in [-0.05, 0) is 50.3 Å². The van der Waals surface area contributed by atoms with Gasteiger partial charge in [0.1, 0.15) is 5.82 Å². The molecule has 208 valence electrons. The van der Waals surface area contributed by atoms with Gasteiger partial charge >= 0.3 is 0 Å². The summed E-state index contributed by atoms with van der Waals surface area (Å²) >= 11 is 0. The van der Waals surface area contributed by atoms with Crippen molar-refractivity contribution < 1.29 is 14.3 Å². The normalized spacial score (nSPS) is 18.3. The Morgan fingerprint density at radius 2 is 1.77 bits per heavy atom. The molecule has 2 N–H and O–H groups in total. The number of aromatic nitrogens is 1. The topological polar surface area (TPSA) is 68.7 Å². The van der Waals surface area contributed by atoms with Gasteiger partial charge in [0, 0.05) is 68.4 Å². The van der Waals surface area contributed by atoms with Crippen molar-refractivity contribution in [3.8, 4) is 11.3 Å². The lowest BCUT2D eigenvalue weighted by atomic mass is 9.84. The number of pyridine rings is 1. The van der Waals surface area contributed by atoms with Crippen LogP contribution in [0.2, 0.25) is 0 Å². The molecule has 5 rings (SSSR count). The Kier molecular flexibility index (Phi) is 9.22. The Labute approximate surface area is 231 Å². The average molecular weight is 533 g/mol. The maximum atomic E-state index is 14.6. The average Bonchev–Trinajstić information content (AvgIpc) is 2.97. The molecular formula is C32H41FN4O2. The molecule has 2 aromatic carbocycles. The molecule has 1 atom stereocenters. The van der Waals surface area contributed by atoms with Crippen molar-refractivity contribution in [2.75, 3.05) is 39.3 Å². The van der Waals surface area contributed by atoms with Gasteiger partial charge in [-0.2, -0.15) is 0 Å². The van der Waals surface area contributed by atoms with E-state index in [9.17, 15) is 14.3 Å². The lowest BCUT2D eigenvalue weighted by Gasteiger charge is -2.35. The summed E-state index contributed by atoms with van der Waals surface area (Å²) in [7, 11) is 0. The quantitative estimate of drug-likeness (QED) is 0.395. The molecule has 1 amide bonds. The van der Waals surface area contributed by atoms with Crippen molar-refractivity contribution in [1.82, 2.24) is 20.1 Å². The van der Waals surface area contributed by atoms with E-state index in [1.165, 1.54) is 31.4 Å². The Hall–Kier alpha value is -2.87. The van der Waals surface area contributed by atoms with Crippen LogP contribution in [0.1, 0.15) is 61.4 Å². The first-order chi connectivity index (χ1) is 19.0. The Balaban J connectivity index is 1.54. The highest BCUT2D eigenvalue weighted by atomic mass is 19.1. The van der Waals surface area contributed by atoms with Crippen LogP contribution in [0, 0.1) is 11.7 Å². The van der Waals surface area contributed by atoms with E-state index in [0.717, 1.165) is 68.8 Å². The van der Waals surface area contributed by atoms with Crippen molar-refractivity contribution in [3.63, 3.8) is 0 Å². The summed E-state index contributed by atoms with van der Waals surface area (Å²) in [6.45, 7) is 7.33. The first-order valence-corrected chi connectivity index (χ1v) is 14.6. The van der Waals surface area contributed by atoms with Gasteiger partial charge in [0.2, 0.25) is 0 Å². The van der Waals surface area contributed by atoms with Crippen molar-refractivity contribution in [2.45, 2.75) is 58.0 Å². The first kappa shape index (κ1) is 27.7. The molecule has 7 heteroatoms. The van der Waals surface area contributed by atoms with E-state index in [1.807, 2.05) is 30.3 Å². The minimum Gasteiger partial charge on any atom is -0.396 e. The number of benzene rings is 2. The lowest BCUT2D eigenvalue weighted by Crippen LogP contribution is -2.46. The molecule has 0 radical (unpaired) electrons. The molecular weight excluding hydrogens is 491 g/mol. The standard InChI is InChI=1S/C32H41FN4O2/c1-23(24-9-4-2-5-10-24)34-32(39)30-27-21-26(33)13-14-29(27)35-31(25-11-6-3-7-12-25)28(30)22-37-18-16-36(17-19-37)15-8-20-38/h3,6-7,11-14,21,23-24,38H,2,4-5,8-10,15-20,22H2,1H3,(H,34,39)/t23-/m0/s1. The SMILES string of the molecule is C[C@H](NC(=O)c1c(CN2CCN(CCCO)CC2)c(-c2ccccc2)nc2ccc(F)cc12)C1CCCCC1. The van der Waals surface area contributed by atoms with Gasteiger partial charge < -0.3 is 15.3 Å². The van der Waals surface area contributed by atoms with Crippen molar-refractivity contribution in [2.24, 2.45) is 5.92 Å². The van der Waals surface area contributed by atoms with Crippen LogP contribution in [-0.4, -0.2) is 71.2 Å². The molecule has 1 saturated heterocycles. The number of piperazine rings is 1. The van der Waals surface area contributed by atoms with E-state index in [0.29, 0.717) is 28.9 Å². The summed E-state index contributed by atoms with van der Waals surface area (Å²) in [5, 5.41) is 13.1. The van der Waals surface area contributed by atoms with Crippen LogP contribution in [0.15, 0.2) is 48.5 Å². The number of halogens is 1. The number of hydrogen-bond donors (Lipinski definition) is 2. The second-order valence-electron chi connectivity index (χ2n) is 11.2. The third-order valence-corrected chi connectivity index (χ3v) is 8.52. The molecule has 2 fully saturated rings. The molecule has 6 nitrogen and oxygen atoms in total. The Bertz CT molecular complexity index is 1250. The third kappa shape index (κ3) is 6.65. The van der Waals surface area contributed by atoms with Gasteiger partial charge in [-0.3, -0.25) is 9.69 Å². The van der Waals surface area contributed by atoms with Crippen LogP contribution in [-0.2, 0) is 6.54 Å². The summed E-state index contributed by atoms with van der Waals surface area (Å²) in [5.41, 5.74) is 3.77. The monoisotopic (exact) mass is 532 g/mol. The van der Waals surface area contributed by atoms with E-state index < -0.39 is 0 Å². The van der Waals surface area contributed by atoms with Crippen LogP contribution < -0.4 is 5.32 Å². The van der Waals surface area contributed by atoms with Gasteiger partial charge in [0.25, 0.3) is 5.91 Å². The molecule has 39 heavy (non-hydrogen) atoms. The highest BCUT2D eigenvalue weighted by molar-refractivity contribution is 6.09. The van der Waals surface area contributed by atoms with E-state index in [4.69, 9.17) is 4.98 Å². The molecule has 1 saturated carbocycles. The predicted molar refractivity (Wildman–Crippen MR) is 154 cm³/mol. The maximum absolute atomic E-state index is 14.6. The third-order valence-electron chi connectivity index (χ3n) is 8.52. The maximum Gasteiger partial charge on any atom is 0.252 e. The molecule has 0 bridgehead atoms. The number of aliphatic hydroxyl groups excluding tert-OH is 1. The minimum atomic E-state index is -0.366. The predicted octanol–water partition coefficient (Wildman–Crippen LogP) is 5.24. The number of carbonyl (C=O) groups excluding carboxylic acids is 1. The number of amides is 1. The number of hydrogen-bond acceptors (Lipinski definition) is 5. The van der Waals surface area contributed by atoms with Crippen LogP contribution in [0.4, 0.5) is 4.39 Å². The second-order valence-corrected chi connectivity index (χ2v) is 11.2. The summed E-state index contributed by atoms with van der Waals surface area (Å²) in [6.07, 6.45) is 6.74. The fourth-order valence-corrected chi connectivity index (χ4v) is 6.24. The summed E-state index contributed by atoms with van der Waals surface area (Å²) in [6, 6.07) is 14.6. The molecule has 0 spiro atoms. The number of fused-ring (bicyclic) bond motifs is 1. The zero-order chi connectivity index (χ0) is 27.2. The van der Waals surface area contributed by atoms with Crippen molar-refractivity contribution >= 4 is 16.8 Å². The number of nitrogens with zero attached hydrogens (tertiary/aromatic N) is 3. The minimum absolute atomic E-state index is 0.0534. The Morgan fingerprint density at radius 1 is 1.05 bits per heavy atom.